The third kappa shape index (κ3) is 5.75. The molecule has 1 aliphatic rings. The van der Waals surface area contributed by atoms with Gasteiger partial charge in [0.25, 0.3) is 0 Å². The largest absolute Gasteiger partial charge is 0.390 e. The van der Waals surface area contributed by atoms with Crippen molar-refractivity contribution in [3.8, 4) is 0 Å². The molecule has 4 nitrogen and oxygen atoms in total. The Hall–Kier alpha value is -0.940. The van der Waals surface area contributed by atoms with Crippen LogP contribution in [0.25, 0.3) is 0 Å². The molecule has 0 heterocycles. The lowest BCUT2D eigenvalue weighted by molar-refractivity contribution is 0.0792. The van der Waals surface area contributed by atoms with Gasteiger partial charge in [0.05, 0.1) is 6.10 Å². The van der Waals surface area contributed by atoms with Crippen molar-refractivity contribution in [1.29, 1.82) is 0 Å². The molecule has 0 spiro atoms. The first-order valence-corrected chi connectivity index (χ1v) is 8.12. The van der Waals surface area contributed by atoms with Crippen molar-refractivity contribution in [3.05, 3.63) is 35.9 Å². The second-order valence-corrected chi connectivity index (χ2v) is 6.38. The molecule has 21 heavy (non-hydrogen) atoms. The molecule has 1 aromatic carbocycles. The maximum absolute atomic E-state index is 10.2. The molecule has 5 N–H and O–H groups in total. The van der Waals surface area contributed by atoms with Crippen LogP contribution in [0, 0.1) is 5.92 Å². The number of nitrogens with zero attached hydrogens (tertiary/aromatic N) is 1. The van der Waals surface area contributed by atoms with Crippen molar-refractivity contribution < 1.29 is 5.11 Å². The molecule has 0 radical (unpaired) electrons. The normalized spacial score (nSPS) is 19.6. The van der Waals surface area contributed by atoms with Crippen molar-refractivity contribution in [2.24, 2.45) is 17.5 Å². The van der Waals surface area contributed by atoms with Gasteiger partial charge in [-0.3, -0.25) is 5.84 Å². The van der Waals surface area contributed by atoms with Crippen LogP contribution < -0.4 is 11.6 Å². The van der Waals surface area contributed by atoms with E-state index < -0.39 is 6.10 Å². The van der Waals surface area contributed by atoms with E-state index in [2.05, 4.69) is 0 Å². The second-order valence-electron chi connectivity index (χ2n) is 6.38. The Balaban J connectivity index is 1.73. The molecule has 2 atom stereocenters. The van der Waals surface area contributed by atoms with Crippen LogP contribution in [0.5, 0.6) is 0 Å². The minimum atomic E-state index is -0.584. The van der Waals surface area contributed by atoms with Gasteiger partial charge in [-0.2, -0.15) is 0 Å². The number of aliphatic hydroxyl groups is 1. The van der Waals surface area contributed by atoms with Crippen LogP contribution in [-0.4, -0.2) is 35.4 Å². The number of aliphatic hydroxyl groups excluding tert-OH is 1. The smallest absolute Gasteiger partial charge is 0.0834 e. The maximum atomic E-state index is 10.2. The SMILES string of the molecule is NC(Cc1ccccc1)C(O)CN(N)CC1CCCCC1. The van der Waals surface area contributed by atoms with Crippen LogP contribution >= 0.6 is 0 Å². The average molecular weight is 291 g/mol. The van der Waals surface area contributed by atoms with Gasteiger partial charge in [0.15, 0.2) is 0 Å². The van der Waals surface area contributed by atoms with Gasteiger partial charge >= 0.3 is 0 Å². The van der Waals surface area contributed by atoms with E-state index in [-0.39, 0.29) is 6.04 Å². The van der Waals surface area contributed by atoms with Gasteiger partial charge in [-0.1, -0.05) is 49.6 Å². The summed E-state index contributed by atoms with van der Waals surface area (Å²) >= 11 is 0. The van der Waals surface area contributed by atoms with E-state index >= 15 is 0 Å². The topological polar surface area (TPSA) is 75.5 Å². The van der Waals surface area contributed by atoms with Crippen molar-refractivity contribution in [2.75, 3.05) is 13.1 Å². The van der Waals surface area contributed by atoms with Crippen LogP contribution in [0.4, 0.5) is 0 Å². The Kier molecular flexibility index (Phi) is 6.64. The summed E-state index contributed by atoms with van der Waals surface area (Å²) in [6, 6.07) is 9.77. The molecule has 1 aromatic rings. The number of rotatable bonds is 7. The maximum Gasteiger partial charge on any atom is 0.0834 e. The number of hydrogen-bond donors (Lipinski definition) is 3. The average Bonchev–Trinajstić information content (AvgIpc) is 2.49. The monoisotopic (exact) mass is 291 g/mol. The molecule has 0 saturated heterocycles. The quantitative estimate of drug-likeness (QED) is 0.528. The van der Waals surface area contributed by atoms with E-state index in [9.17, 15) is 5.11 Å². The highest BCUT2D eigenvalue weighted by atomic mass is 16.3. The van der Waals surface area contributed by atoms with Gasteiger partial charge in [-0.25, -0.2) is 5.01 Å². The summed E-state index contributed by atoms with van der Waals surface area (Å²) in [7, 11) is 0. The van der Waals surface area contributed by atoms with Gasteiger partial charge in [0.2, 0.25) is 0 Å². The van der Waals surface area contributed by atoms with Crippen molar-refractivity contribution >= 4 is 0 Å². The molecule has 0 bridgehead atoms. The molecule has 0 amide bonds. The zero-order valence-corrected chi connectivity index (χ0v) is 12.8. The fourth-order valence-corrected chi connectivity index (χ4v) is 3.17. The lowest BCUT2D eigenvalue weighted by Crippen LogP contribution is -2.48. The van der Waals surface area contributed by atoms with E-state index in [0.717, 1.165) is 12.1 Å². The second kappa shape index (κ2) is 8.49. The molecule has 1 aliphatic carbocycles. The van der Waals surface area contributed by atoms with Gasteiger partial charge in [-0.15, -0.1) is 0 Å². The van der Waals surface area contributed by atoms with Crippen LogP contribution in [0.1, 0.15) is 37.7 Å². The molecular formula is C17H29N3O. The van der Waals surface area contributed by atoms with E-state index in [1.54, 1.807) is 5.01 Å². The standard InChI is InChI=1S/C17H29N3O/c18-16(11-14-7-3-1-4-8-14)17(21)13-20(19)12-15-9-5-2-6-10-15/h1,3-4,7-8,15-17,21H,2,5-6,9-13,18-19H2. The summed E-state index contributed by atoms with van der Waals surface area (Å²) in [5.74, 6) is 6.74. The summed E-state index contributed by atoms with van der Waals surface area (Å²) in [6.45, 7) is 1.32. The Labute approximate surface area is 128 Å². The summed E-state index contributed by atoms with van der Waals surface area (Å²) in [6.07, 6.45) is 6.60. The molecule has 4 heteroatoms. The lowest BCUT2D eigenvalue weighted by atomic mass is 9.89. The third-order valence-corrected chi connectivity index (χ3v) is 4.45. The van der Waals surface area contributed by atoms with Crippen LogP contribution in [0.2, 0.25) is 0 Å². The van der Waals surface area contributed by atoms with Crippen LogP contribution in [-0.2, 0) is 6.42 Å². The predicted octanol–water partition coefficient (Wildman–Crippen LogP) is 1.67. The number of nitrogens with two attached hydrogens (primary N) is 2. The van der Waals surface area contributed by atoms with Gasteiger partial charge in [0.1, 0.15) is 0 Å². The molecule has 118 valence electrons. The van der Waals surface area contributed by atoms with Gasteiger partial charge < -0.3 is 10.8 Å². The Bertz CT molecular complexity index is 392. The number of benzene rings is 1. The lowest BCUT2D eigenvalue weighted by Gasteiger charge is -2.29. The van der Waals surface area contributed by atoms with Crippen LogP contribution in [0.15, 0.2) is 30.3 Å². The first kappa shape index (κ1) is 16.4. The van der Waals surface area contributed by atoms with E-state index in [4.69, 9.17) is 11.6 Å². The van der Waals surface area contributed by atoms with Gasteiger partial charge in [-0.05, 0) is 30.7 Å². The first-order valence-electron chi connectivity index (χ1n) is 8.12. The minimum Gasteiger partial charge on any atom is -0.390 e. The molecule has 1 saturated carbocycles. The molecule has 2 unspecified atom stereocenters. The van der Waals surface area contributed by atoms with Gasteiger partial charge in [0, 0.05) is 19.1 Å². The zero-order chi connectivity index (χ0) is 15.1. The Morgan fingerprint density at radius 3 is 2.48 bits per heavy atom. The molecule has 0 aromatic heterocycles. The first-order chi connectivity index (χ1) is 10.1. The molecule has 2 rings (SSSR count). The summed E-state index contributed by atoms with van der Waals surface area (Å²) < 4.78 is 0. The highest BCUT2D eigenvalue weighted by molar-refractivity contribution is 5.16. The van der Waals surface area contributed by atoms with Crippen molar-refractivity contribution in [1.82, 2.24) is 5.01 Å². The van der Waals surface area contributed by atoms with Crippen LogP contribution in [0.3, 0.4) is 0 Å². The van der Waals surface area contributed by atoms with E-state index in [1.807, 2.05) is 30.3 Å². The highest BCUT2D eigenvalue weighted by Gasteiger charge is 2.20. The third-order valence-electron chi connectivity index (χ3n) is 4.45. The fourth-order valence-electron chi connectivity index (χ4n) is 3.17. The minimum absolute atomic E-state index is 0.273. The Morgan fingerprint density at radius 1 is 1.14 bits per heavy atom. The summed E-state index contributed by atoms with van der Waals surface area (Å²) in [4.78, 5) is 0. The van der Waals surface area contributed by atoms with E-state index in [0.29, 0.717) is 18.9 Å². The molecule has 0 aliphatic heterocycles. The molecule has 1 fully saturated rings. The zero-order valence-electron chi connectivity index (χ0n) is 12.8. The predicted molar refractivity (Wildman–Crippen MR) is 86.5 cm³/mol. The van der Waals surface area contributed by atoms with Crippen molar-refractivity contribution in [2.45, 2.75) is 50.7 Å². The Morgan fingerprint density at radius 2 is 1.81 bits per heavy atom. The fraction of sp³-hybridized carbons (Fsp3) is 0.647. The highest BCUT2D eigenvalue weighted by Crippen LogP contribution is 2.23. The number of hydrogen-bond acceptors (Lipinski definition) is 4. The molecular weight excluding hydrogens is 262 g/mol. The van der Waals surface area contributed by atoms with Crippen molar-refractivity contribution in [3.63, 3.8) is 0 Å². The van der Waals surface area contributed by atoms with E-state index in [1.165, 1.54) is 32.1 Å². The summed E-state index contributed by atoms with van der Waals surface area (Å²) in [5.41, 5.74) is 7.25. The number of hydrazine groups is 1. The summed E-state index contributed by atoms with van der Waals surface area (Å²) in [5, 5.41) is 12.0.